The lowest BCUT2D eigenvalue weighted by molar-refractivity contribution is -0.158. The zero-order chi connectivity index (χ0) is 18.1. The van der Waals surface area contributed by atoms with E-state index < -0.39 is 0 Å². The summed E-state index contributed by atoms with van der Waals surface area (Å²) in [5.41, 5.74) is 1.23. The van der Waals surface area contributed by atoms with Crippen LogP contribution in [-0.2, 0) is 22.7 Å². The standard InChI is InChI=1S/C19H23N5O2/c1-21-14-18(25)24-10-9-22(12-16(24)19(21)26)13-17-20-7-8-23(17)11-15-5-3-2-4-6-15/h2-8,16H,9-14H2,1H3/t16-/m1/s1. The van der Waals surface area contributed by atoms with Gasteiger partial charge in [-0.15, -0.1) is 0 Å². The number of hydrogen-bond donors (Lipinski definition) is 0. The van der Waals surface area contributed by atoms with Gasteiger partial charge in [-0.05, 0) is 5.56 Å². The maximum Gasteiger partial charge on any atom is 0.246 e. The SMILES string of the molecule is CN1CC(=O)N2CCN(Cc3nccn3Cc3ccccc3)C[C@@H]2C1=O. The molecule has 0 saturated carbocycles. The average Bonchev–Trinajstić information content (AvgIpc) is 3.07. The molecule has 2 saturated heterocycles. The molecule has 3 heterocycles. The predicted octanol–water partition coefficient (Wildman–Crippen LogP) is 0.416. The van der Waals surface area contributed by atoms with Crippen LogP contribution in [0.2, 0.25) is 0 Å². The third kappa shape index (κ3) is 3.22. The van der Waals surface area contributed by atoms with Crippen LogP contribution in [0.5, 0.6) is 0 Å². The first-order valence-electron chi connectivity index (χ1n) is 8.92. The Hall–Kier alpha value is -2.67. The molecule has 2 fully saturated rings. The van der Waals surface area contributed by atoms with Gasteiger partial charge in [-0.25, -0.2) is 4.98 Å². The van der Waals surface area contributed by atoms with Crippen LogP contribution in [-0.4, -0.2) is 75.3 Å². The molecule has 1 aromatic carbocycles. The number of nitrogens with zero attached hydrogens (tertiary/aromatic N) is 5. The van der Waals surface area contributed by atoms with Gasteiger partial charge < -0.3 is 14.4 Å². The molecule has 2 amide bonds. The maximum atomic E-state index is 12.4. The molecular formula is C19H23N5O2. The van der Waals surface area contributed by atoms with E-state index in [4.69, 9.17) is 0 Å². The third-order valence-electron chi connectivity index (χ3n) is 5.18. The number of piperazine rings is 2. The van der Waals surface area contributed by atoms with Crippen molar-refractivity contribution in [3.05, 3.63) is 54.1 Å². The van der Waals surface area contributed by atoms with E-state index in [9.17, 15) is 9.59 Å². The van der Waals surface area contributed by atoms with Crippen molar-refractivity contribution in [2.45, 2.75) is 19.1 Å². The second-order valence-electron chi connectivity index (χ2n) is 6.99. The first-order chi connectivity index (χ1) is 12.6. The number of amides is 2. The van der Waals surface area contributed by atoms with Gasteiger partial charge in [-0.3, -0.25) is 14.5 Å². The van der Waals surface area contributed by atoms with Crippen molar-refractivity contribution in [1.29, 1.82) is 0 Å². The van der Waals surface area contributed by atoms with Gasteiger partial charge in [-0.1, -0.05) is 30.3 Å². The Balaban J connectivity index is 1.45. The minimum absolute atomic E-state index is 0.0296. The normalized spacial score (nSPS) is 21.2. The summed E-state index contributed by atoms with van der Waals surface area (Å²) in [6.07, 6.45) is 3.80. The largest absolute Gasteiger partial charge is 0.335 e. The Kier molecular flexibility index (Phi) is 4.46. The van der Waals surface area contributed by atoms with E-state index in [1.165, 1.54) is 10.5 Å². The summed E-state index contributed by atoms with van der Waals surface area (Å²) in [6.45, 7) is 3.57. The molecule has 2 aliphatic rings. The summed E-state index contributed by atoms with van der Waals surface area (Å²) in [6, 6.07) is 9.92. The summed E-state index contributed by atoms with van der Waals surface area (Å²) in [7, 11) is 1.70. The molecule has 7 nitrogen and oxygen atoms in total. The van der Waals surface area contributed by atoms with Crippen LogP contribution in [0.25, 0.3) is 0 Å². The van der Waals surface area contributed by atoms with Gasteiger partial charge in [0.2, 0.25) is 11.8 Å². The van der Waals surface area contributed by atoms with Crippen LogP contribution in [0.1, 0.15) is 11.4 Å². The lowest BCUT2D eigenvalue weighted by Gasteiger charge is -2.45. The third-order valence-corrected chi connectivity index (χ3v) is 5.18. The van der Waals surface area contributed by atoms with E-state index in [0.29, 0.717) is 19.6 Å². The minimum atomic E-state index is -0.368. The number of aromatic nitrogens is 2. The molecular weight excluding hydrogens is 330 g/mol. The van der Waals surface area contributed by atoms with Crippen molar-refractivity contribution in [3.63, 3.8) is 0 Å². The number of likely N-dealkylation sites (N-methyl/N-ethyl adjacent to an activating group) is 1. The second-order valence-corrected chi connectivity index (χ2v) is 6.99. The van der Waals surface area contributed by atoms with Crippen LogP contribution in [0.3, 0.4) is 0 Å². The van der Waals surface area contributed by atoms with Gasteiger partial charge in [0.25, 0.3) is 0 Å². The van der Waals surface area contributed by atoms with Crippen molar-refractivity contribution in [1.82, 2.24) is 24.3 Å². The van der Waals surface area contributed by atoms with Gasteiger partial charge in [0.05, 0.1) is 13.1 Å². The molecule has 4 rings (SSSR count). The highest BCUT2D eigenvalue weighted by Crippen LogP contribution is 2.18. The highest BCUT2D eigenvalue weighted by atomic mass is 16.2. The van der Waals surface area contributed by atoms with Crippen LogP contribution >= 0.6 is 0 Å². The van der Waals surface area contributed by atoms with Crippen molar-refractivity contribution < 1.29 is 9.59 Å². The van der Waals surface area contributed by atoms with Gasteiger partial charge >= 0.3 is 0 Å². The highest BCUT2D eigenvalue weighted by Gasteiger charge is 2.41. The summed E-state index contributed by atoms with van der Waals surface area (Å²) >= 11 is 0. The zero-order valence-electron chi connectivity index (χ0n) is 14.9. The fourth-order valence-electron chi connectivity index (χ4n) is 3.73. The van der Waals surface area contributed by atoms with Crippen LogP contribution in [0.15, 0.2) is 42.7 Å². The number of hydrogen-bond acceptors (Lipinski definition) is 4. The Morgan fingerprint density at radius 3 is 2.73 bits per heavy atom. The lowest BCUT2D eigenvalue weighted by atomic mass is 10.1. The Morgan fingerprint density at radius 2 is 1.92 bits per heavy atom. The number of benzene rings is 1. The highest BCUT2D eigenvalue weighted by molar-refractivity contribution is 5.95. The van der Waals surface area contributed by atoms with Crippen molar-refractivity contribution in [2.24, 2.45) is 0 Å². The monoisotopic (exact) mass is 353 g/mol. The first-order valence-corrected chi connectivity index (χ1v) is 8.92. The number of imidazole rings is 1. The molecule has 26 heavy (non-hydrogen) atoms. The number of carbonyl (C=O) groups excluding carboxylic acids is 2. The molecule has 0 unspecified atom stereocenters. The molecule has 0 radical (unpaired) electrons. The lowest BCUT2D eigenvalue weighted by Crippen LogP contribution is -2.66. The molecule has 2 aliphatic heterocycles. The molecule has 0 N–H and O–H groups in total. The Morgan fingerprint density at radius 1 is 1.12 bits per heavy atom. The number of rotatable bonds is 4. The van der Waals surface area contributed by atoms with E-state index in [1.54, 1.807) is 11.9 Å². The van der Waals surface area contributed by atoms with Crippen LogP contribution in [0, 0.1) is 0 Å². The van der Waals surface area contributed by atoms with E-state index in [0.717, 1.165) is 18.9 Å². The number of carbonyl (C=O) groups is 2. The van der Waals surface area contributed by atoms with Gasteiger partial charge in [0.1, 0.15) is 11.9 Å². The fraction of sp³-hybridized carbons (Fsp3) is 0.421. The van der Waals surface area contributed by atoms with E-state index >= 15 is 0 Å². The summed E-state index contributed by atoms with van der Waals surface area (Å²) in [5.74, 6) is 1.05. The van der Waals surface area contributed by atoms with Crippen molar-refractivity contribution in [3.8, 4) is 0 Å². The van der Waals surface area contributed by atoms with E-state index in [2.05, 4.69) is 26.6 Å². The van der Waals surface area contributed by atoms with Crippen LogP contribution < -0.4 is 0 Å². The number of fused-ring (bicyclic) bond motifs is 1. The van der Waals surface area contributed by atoms with Gasteiger partial charge in [0.15, 0.2) is 0 Å². The summed E-state index contributed by atoms with van der Waals surface area (Å²) in [4.78, 5) is 34.6. The second kappa shape index (κ2) is 6.92. The maximum absolute atomic E-state index is 12.4. The minimum Gasteiger partial charge on any atom is -0.335 e. The molecule has 7 heteroatoms. The quantitative estimate of drug-likeness (QED) is 0.799. The average molecular weight is 353 g/mol. The predicted molar refractivity (Wildman–Crippen MR) is 96.2 cm³/mol. The molecule has 1 atom stereocenters. The van der Waals surface area contributed by atoms with Gasteiger partial charge in [0, 0.05) is 45.6 Å². The van der Waals surface area contributed by atoms with E-state index in [-0.39, 0.29) is 24.4 Å². The smallest absolute Gasteiger partial charge is 0.246 e. The fourth-order valence-corrected chi connectivity index (χ4v) is 3.73. The molecule has 136 valence electrons. The molecule has 0 bridgehead atoms. The molecule has 1 aromatic heterocycles. The van der Waals surface area contributed by atoms with Crippen molar-refractivity contribution in [2.75, 3.05) is 33.2 Å². The molecule has 0 aliphatic carbocycles. The first kappa shape index (κ1) is 16.8. The molecule has 0 spiro atoms. The van der Waals surface area contributed by atoms with Crippen LogP contribution in [0.4, 0.5) is 0 Å². The topological polar surface area (TPSA) is 61.7 Å². The van der Waals surface area contributed by atoms with E-state index in [1.807, 2.05) is 30.6 Å². The van der Waals surface area contributed by atoms with Crippen molar-refractivity contribution >= 4 is 11.8 Å². The zero-order valence-corrected chi connectivity index (χ0v) is 14.9. The summed E-state index contributed by atoms with van der Waals surface area (Å²) < 4.78 is 2.14. The Labute approximate surface area is 152 Å². The van der Waals surface area contributed by atoms with Gasteiger partial charge in [-0.2, -0.15) is 0 Å². The summed E-state index contributed by atoms with van der Waals surface area (Å²) in [5, 5.41) is 0. The molecule has 2 aromatic rings. The Bertz CT molecular complexity index is 803.